The Hall–Kier alpha value is -0.170. The topological polar surface area (TPSA) is 69.6 Å². The van der Waals surface area contributed by atoms with Crippen molar-refractivity contribution < 1.29 is 13.5 Å². The van der Waals surface area contributed by atoms with E-state index in [2.05, 4.69) is 4.72 Å². The van der Waals surface area contributed by atoms with Crippen molar-refractivity contribution in [3.8, 4) is 0 Å². The van der Waals surface area contributed by atoms with Crippen molar-refractivity contribution in [2.45, 2.75) is 57.1 Å². The summed E-state index contributed by atoms with van der Waals surface area (Å²) in [5.74, 6) is 0.300. The average Bonchev–Trinajstić information content (AvgIpc) is 2.33. The molecule has 0 bridgehead atoms. The third-order valence-corrected chi connectivity index (χ3v) is 5.82. The van der Waals surface area contributed by atoms with Crippen molar-refractivity contribution in [1.29, 1.82) is 0 Å². The Morgan fingerprint density at radius 1 is 1.22 bits per heavy atom. The van der Waals surface area contributed by atoms with Crippen molar-refractivity contribution in [1.82, 2.24) is 9.03 Å². The molecule has 0 unspecified atom stereocenters. The summed E-state index contributed by atoms with van der Waals surface area (Å²) in [4.78, 5) is 0. The highest BCUT2D eigenvalue weighted by Crippen LogP contribution is 2.27. The molecule has 106 valence electrons. The lowest BCUT2D eigenvalue weighted by Gasteiger charge is -2.34. The van der Waals surface area contributed by atoms with Crippen LogP contribution < -0.4 is 4.72 Å². The summed E-state index contributed by atoms with van der Waals surface area (Å²) < 4.78 is 28.4. The van der Waals surface area contributed by atoms with Gasteiger partial charge in [0.1, 0.15) is 0 Å². The second kappa shape index (κ2) is 5.86. The number of nitrogens with zero attached hydrogens (tertiary/aromatic N) is 1. The molecule has 2 saturated carbocycles. The van der Waals surface area contributed by atoms with Gasteiger partial charge >= 0.3 is 0 Å². The van der Waals surface area contributed by atoms with Gasteiger partial charge in [-0.2, -0.15) is 12.7 Å². The van der Waals surface area contributed by atoms with Gasteiger partial charge in [0.25, 0.3) is 10.2 Å². The lowest BCUT2D eigenvalue weighted by molar-refractivity contribution is 0.0451. The molecule has 0 saturated heterocycles. The molecule has 0 atom stereocenters. The molecule has 0 aromatic heterocycles. The fraction of sp³-hybridized carbons (Fsp3) is 1.00. The molecule has 0 aliphatic heterocycles. The number of nitrogens with one attached hydrogen (secondary N) is 1. The maximum atomic E-state index is 12.1. The van der Waals surface area contributed by atoms with Gasteiger partial charge in [-0.3, -0.25) is 0 Å². The first-order valence-corrected chi connectivity index (χ1v) is 8.33. The van der Waals surface area contributed by atoms with Gasteiger partial charge in [-0.15, -0.1) is 0 Å². The molecule has 2 aliphatic rings. The fourth-order valence-electron chi connectivity index (χ4n) is 2.83. The Morgan fingerprint density at radius 2 is 1.83 bits per heavy atom. The zero-order valence-electron chi connectivity index (χ0n) is 11.0. The molecule has 0 heterocycles. The van der Waals surface area contributed by atoms with Crippen LogP contribution in [-0.4, -0.2) is 43.6 Å². The van der Waals surface area contributed by atoms with Gasteiger partial charge in [0.05, 0.1) is 6.10 Å². The van der Waals surface area contributed by atoms with Crippen LogP contribution in [-0.2, 0) is 10.2 Å². The minimum Gasteiger partial charge on any atom is -0.393 e. The molecule has 0 aromatic rings. The van der Waals surface area contributed by atoms with Crippen molar-refractivity contribution in [3.63, 3.8) is 0 Å². The van der Waals surface area contributed by atoms with Gasteiger partial charge in [-0.1, -0.05) is 19.3 Å². The highest BCUT2D eigenvalue weighted by atomic mass is 32.2. The number of rotatable bonds is 5. The van der Waals surface area contributed by atoms with Crippen LogP contribution in [0.25, 0.3) is 0 Å². The van der Waals surface area contributed by atoms with Gasteiger partial charge < -0.3 is 5.11 Å². The van der Waals surface area contributed by atoms with Gasteiger partial charge in [0.15, 0.2) is 0 Å². The molecule has 0 amide bonds. The summed E-state index contributed by atoms with van der Waals surface area (Å²) in [6.07, 6.45) is 6.62. The summed E-state index contributed by atoms with van der Waals surface area (Å²) in [5.41, 5.74) is 0. The molecule has 2 N–H and O–H groups in total. The van der Waals surface area contributed by atoms with Crippen LogP contribution in [0.1, 0.15) is 44.9 Å². The second-order valence-corrected chi connectivity index (χ2v) is 7.47. The lowest BCUT2D eigenvalue weighted by Crippen LogP contribution is -2.47. The molecule has 2 fully saturated rings. The Bertz CT molecular complexity index is 360. The number of hydrogen-bond donors (Lipinski definition) is 2. The minimum atomic E-state index is -3.35. The van der Waals surface area contributed by atoms with E-state index in [0.29, 0.717) is 12.5 Å². The maximum Gasteiger partial charge on any atom is 0.279 e. The summed E-state index contributed by atoms with van der Waals surface area (Å²) in [6.45, 7) is 0.455. The molecule has 2 rings (SSSR count). The van der Waals surface area contributed by atoms with E-state index in [1.165, 1.54) is 10.7 Å². The van der Waals surface area contributed by atoms with E-state index in [4.69, 9.17) is 0 Å². The molecule has 2 aliphatic carbocycles. The molecular weight excluding hydrogens is 252 g/mol. The standard InChI is InChI=1S/C12H24N2O3S/c1-14(11-5-3-2-4-6-11)18(16,17)13-9-10-7-12(15)8-10/h10-13,15H,2-9H2,1H3. The maximum absolute atomic E-state index is 12.1. The zero-order valence-corrected chi connectivity index (χ0v) is 11.8. The van der Waals surface area contributed by atoms with Crippen LogP contribution in [0.3, 0.4) is 0 Å². The van der Waals surface area contributed by atoms with Gasteiger partial charge in [-0.25, -0.2) is 4.72 Å². The number of hydrogen-bond acceptors (Lipinski definition) is 3. The monoisotopic (exact) mass is 276 g/mol. The molecule has 0 radical (unpaired) electrons. The lowest BCUT2D eigenvalue weighted by atomic mass is 9.83. The number of aliphatic hydroxyl groups is 1. The van der Waals surface area contributed by atoms with Crippen LogP contribution in [0.15, 0.2) is 0 Å². The highest BCUT2D eigenvalue weighted by molar-refractivity contribution is 7.87. The van der Waals surface area contributed by atoms with Crippen LogP contribution in [0.5, 0.6) is 0 Å². The highest BCUT2D eigenvalue weighted by Gasteiger charge is 2.31. The molecular formula is C12H24N2O3S. The third kappa shape index (κ3) is 3.44. The van der Waals surface area contributed by atoms with Crippen LogP contribution in [0, 0.1) is 5.92 Å². The summed E-state index contributed by atoms with van der Waals surface area (Å²) in [7, 11) is -1.67. The van der Waals surface area contributed by atoms with E-state index in [9.17, 15) is 13.5 Å². The van der Waals surface area contributed by atoms with E-state index in [1.807, 2.05) is 0 Å². The van der Waals surface area contributed by atoms with Crippen LogP contribution in [0.4, 0.5) is 0 Å². The first-order chi connectivity index (χ1) is 8.49. The quantitative estimate of drug-likeness (QED) is 0.782. The summed E-state index contributed by atoms with van der Waals surface area (Å²) in [6, 6.07) is 0.156. The van der Waals surface area contributed by atoms with Gasteiger partial charge in [0, 0.05) is 19.6 Å². The van der Waals surface area contributed by atoms with Crippen LogP contribution in [0.2, 0.25) is 0 Å². The molecule has 0 aromatic carbocycles. The van der Waals surface area contributed by atoms with Crippen molar-refractivity contribution in [2.24, 2.45) is 5.92 Å². The molecule has 18 heavy (non-hydrogen) atoms. The Balaban J connectivity index is 1.81. The normalized spacial score (nSPS) is 30.4. The summed E-state index contributed by atoms with van der Waals surface area (Å²) in [5, 5.41) is 9.17. The predicted molar refractivity (Wildman–Crippen MR) is 70.3 cm³/mol. The Morgan fingerprint density at radius 3 is 2.39 bits per heavy atom. The average molecular weight is 276 g/mol. The molecule has 5 nitrogen and oxygen atoms in total. The SMILES string of the molecule is CN(C1CCCCC1)S(=O)(=O)NCC1CC(O)C1. The minimum absolute atomic E-state index is 0.156. The van der Waals surface area contributed by atoms with Crippen molar-refractivity contribution in [3.05, 3.63) is 0 Å². The first kappa shape index (κ1) is 14.2. The fourth-order valence-corrected chi connectivity index (χ4v) is 4.09. The van der Waals surface area contributed by atoms with E-state index >= 15 is 0 Å². The van der Waals surface area contributed by atoms with E-state index in [-0.39, 0.29) is 12.1 Å². The van der Waals surface area contributed by atoms with Crippen molar-refractivity contribution in [2.75, 3.05) is 13.6 Å². The van der Waals surface area contributed by atoms with Crippen LogP contribution >= 0.6 is 0 Å². The smallest absolute Gasteiger partial charge is 0.279 e. The van der Waals surface area contributed by atoms with E-state index in [0.717, 1.165) is 38.5 Å². The van der Waals surface area contributed by atoms with Gasteiger partial charge in [-0.05, 0) is 31.6 Å². The molecule has 6 heteroatoms. The Labute approximate surface area is 110 Å². The zero-order chi connectivity index (χ0) is 13.2. The largest absolute Gasteiger partial charge is 0.393 e. The number of aliphatic hydroxyl groups excluding tert-OH is 1. The predicted octanol–water partition coefficient (Wildman–Crippen LogP) is 0.856. The second-order valence-electron chi connectivity index (χ2n) is 5.65. The van der Waals surface area contributed by atoms with Gasteiger partial charge in [0.2, 0.25) is 0 Å². The van der Waals surface area contributed by atoms with E-state index < -0.39 is 10.2 Å². The Kier molecular flexibility index (Phi) is 4.64. The third-order valence-electron chi connectivity index (χ3n) is 4.23. The molecule has 0 spiro atoms. The first-order valence-electron chi connectivity index (χ1n) is 6.89. The summed E-state index contributed by atoms with van der Waals surface area (Å²) >= 11 is 0. The van der Waals surface area contributed by atoms with E-state index in [1.54, 1.807) is 7.05 Å². The van der Waals surface area contributed by atoms with Crippen molar-refractivity contribution >= 4 is 10.2 Å².